The molecule has 1 aromatic carbocycles. The smallest absolute Gasteiger partial charge is 0.412 e. The second kappa shape index (κ2) is 6.57. The van der Waals surface area contributed by atoms with E-state index in [4.69, 9.17) is 16.3 Å². The van der Waals surface area contributed by atoms with Gasteiger partial charge in [-0.1, -0.05) is 12.1 Å². The summed E-state index contributed by atoms with van der Waals surface area (Å²) in [5, 5.41) is 2.08. The number of carbonyl (C=O) groups is 2. The van der Waals surface area contributed by atoms with Gasteiger partial charge in [-0.2, -0.15) is 0 Å². The molecule has 19 heavy (non-hydrogen) atoms. The van der Waals surface area contributed by atoms with E-state index in [0.717, 1.165) is 5.56 Å². The summed E-state index contributed by atoms with van der Waals surface area (Å²) in [7, 11) is 0. The normalized spacial score (nSPS) is 12.6. The zero-order valence-electron chi connectivity index (χ0n) is 11.3. The zero-order chi connectivity index (χ0) is 14.5. The van der Waals surface area contributed by atoms with Crippen LogP contribution in [0.4, 0.5) is 10.5 Å². The lowest BCUT2D eigenvalue weighted by Crippen LogP contribution is -2.27. The van der Waals surface area contributed by atoms with Crippen molar-refractivity contribution in [1.82, 2.24) is 0 Å². The van der Waals surface area contributed by atoms with E-state index in [1.807, 2.05) is 6.07 Å². The molecule has 0 saturated carbocycles. The molecule has 0 heterocycles. The van der Waals surface area contributed by atoms with E-state index < -0.39 is 17.1 Å². The maximum atomic E-state index is 11.6. The molecule has 0 saturated heterocycles. The predicted octanol–water partition coefficient (Wildman–Crippen LogP) is 3.38. The van der Waals surface area contributed by atoms with Crippen LogP contribution in [0, 0.1) is 0 Å². The molecule has 0 spiro atoms. The molecule has 0 aromatic heterocycles. The molecule has 0 aliphatic carbocycles. The van der Waals surface area contributed by atoms with Gasteiger partial charge in [-0.25, -0.2) is 4.79 Å². The Morgan fingerprint density at radius 3 is 2.74 bits per heavy atom. The van der Waals surface area contributed by atoms with E-state index in [1.54, 1.807) is 39.0 Å². The summed E-state index contributed by atoms with van der Waals surface area (Å²) in [5.41, 5.74) is 0.947. The van der Waals surface area contributed by atoms with Crippen LogP contribution in [0.15, 0.2) is 24.3 Å². The fourth-order valence-corrected chi connectivity index (χ4v) is 1.65. The molecule has 0 aliphatic rings. The monoisotopic (exact) mass is 283 g/mol. The van der Waals surface area contributed by atoms with Crippen molar-refractivity contribution < 1.29 is 14.3 Å². The van der Waals surface area contributed by atoms with Crippen LogP contribution in [0.3, 0.4) is 0 Å². The number of carbonyl (C=O) groups excluding carboxylic acids is 2. The summed E-state index contributed by atoms with van der Waals surface area (Å²) in [6.07, 6.45) is 0.604. The lowest BCUT2D eigenvalue weighted by Gasteiger charge is -2.19. The number of halogens is 1. The molecule has 1 amide bonds. The Balaban J connectivity index is 2.66. The lowest BCUT2D eigenvalue weighted by molar-refractivity contribution is -0.107. The highest BCUT2D eigenvalue weighted by molar-refractivity contribution is 6.27. The lowest BCUT2D eigenvalue weighted by atomic mass is 10.1. The van der Waals surface area contributed by atoms with Gasteiger partial charge in [0.2, 0.25) is 0 Å². The van der Waals surface area contributed by atoms with Gasteiger partial charge in [0.25, 0.3) is 0 Å². The second-order valence-corrected chi connectivity index (χ2v) is 5.74. The highest BCUT2D eigenvalue weighted by atomic mass is 35.5. The third-order valence-electron chi connectivity index (χ3n) is 2.15. The van der Waals surface area contributed by atoms with Crippen LogP contribution in [0.25, 0.3) is 0 Å². The SMILES string of the molecule is CC(C)(C)OC(=O)Nc1cccc(CC(Cl)C=O)c1. The van der Waals surface area contributed by atoms with Crippen LogP contribution in [0.1, 0.15) is 26.3 Å². The first-order valence-electron chi connectivity index (χ1n) is 5.98. The molecule has 0 aliphatic heterocycles. The molecular weight excluding hydrogens is 266 g/mol. The summed E-state index contributed by atoms with van der Waals surface area (Å²) in [5.74, 6) is 0. The van der Waals surface area contributed by atoms with Crippen LogP contribution >= 0.6 is 11.6 Å². The number of ether oxygens (including phenoxy) is 1. The summed E-state index contributed by atoms with van der Waals surface area (Å²) >= 11 is 5.76. The minimum Gasteiger partial charge on any atom is -0.444 e. The van der Waals surface area contributed by atoms with Crippen molar-refractivity contribution in [2.75, 3.05) is 5.32 Å². The van der Waals surface area contributed by atoms with Crippen molar-refractivity contribution in [2.24, 2.45) is 0 Å². The minimum atomic E-state index is -0.559. The van der Waals surface area contributed by atoms with Gasteiger partial charge in [0.1, 0.15) is 11.9 Å². The van der Waals surface area contributed by atoms with Crippen molar-refractivity contribution in [3.05, 3.63) is 29.8 Å². The van der Waals surface area contributed by atoms with Crippen molar-refractivity contribution in [3.63, 3.8) is 0 Å². The van der Waals surface area contributed by atoms with E-state index in [-0.39, 0.29) is 0 Å². The third-order valence-corrected chi connectivity index (χ3v) is 2.41. The average molecular weight is 284 g/mol. The third kappa shape index (κ3) is 6.25. The van der Waals surface area contributed by atoms with Crippen LogP contribution in [-0.4, -0.2) is 23.4 Å². The Morgan fingerprint density at radius 1 is 1.47 bits per heavy atom. The summed E-state index contributed by atoms with van der Waals surface area (Å²) in [6, 6.07) is 7.15. The van der Waals surface area contributed by atoms with Crippen LogP contribution in [-0.2, 0) is 16.0 Å². The first-order chi connectivity index (χ1) is 8.80. The van der Waals surface area contributed by atoms with E-state index in [9.17, 15) is 9.59 Å². The number of aldehydes is 1. The molecule has 5 heteroatoms. The molecular formula is C14H18ClNO3. The van der Waals surface area contributed by atoms with Gasteiger partial charge in [-0.3, -0.25) is 5.32 Å². The first-order valence-corrected chi connectivity index (χ1v) is 6.42. The largest absolute Gasteiger partial charge is 0.444 e. The van der Waals surface area contributed by atoms with E-state index in [2.05, 4.69) is 5.32 Å². The fourth-order valence-electron chi connectivity index (χ4n) is 1.47. The van der Waals surface area contributed by atoms with E-state index in [0.29, 0.717) is 18.4 Å². The van der Waals surface area contributed by atoms with Gasteiger partial charge in [-0.15, -0.1) is 11.6 Å². The Labute approximate surface area is 118 Å². The topological polar surface area (TPSA) is 55.4 Å². The number of hydrogen-bond acceptors (Lipinski definition) is 3. The van der Waals surface area contributed by atoms with Gasteiger partial charge < -0.3 is 9.53 Å². The first kappa shape index (κ1) is 15.5. The molecule has 1 atom stereocenters. The van der Waals surface area contributed by atoms with E-state index in [1.165, 1.54) is 0 Å². The molecule has 0 bridgehead atoms. The quantitative estimate of drug-likeness (QED) is 0.681. The van der Waals surface area contributed by atoms with E-state index >= 15 is 0 Å². The number of rotatable bonds is 4. The standard InChI is InChI=1S/C14H18ClNO3/c1-14(2,3)19-13(18)16-12-6-4-5-10(8-12)7-11(15)9-17/h4-6,8-9,11H,7H2,1-3H3,(H,16,18). The maximum absolute atomic E-state index is 11.6. The van der Waals surface area contributed by atoms with Crippen molar-refractivity contribution in [3.8, 4) is 0 Å². The molecule has 1 rings (SSSR count). The van der Waals surface area contributed by atoms with Crippen molar-refractivity contribution in [2.45, 2.75) is 38.2 Å². The van der Waals surface area contributed by atoms with Gasteiger partial charge in [0, 0.05) is 5.69 Å². The average Bonchev–Trinajstić information content (AvgIpc) is 2.26. The zero-order valence-corrected chi connectivity index (χ0v) is 12.0. The summed E-state index contributed by atoms with van der Waals surface area (Å²) in [4.78, 5) is 22.1. The van der Waals surface area contributed by atoms with Crippen LogP contribution < -0.4 is 5.32 Å². The Hall–Kier alpha value is -1.55. The van der Waals surface area contributed by atoms with Crippen LogP contribution in [0.5, 0.6) is 0 Å². The second-order valence-electron chi connectivity index (χ2n) is 5.18. The molecule has 1 unspecified atom stereocenters. The molecule has 4 nitrogen and oxygen atoms in total. The fraction of sp³-hybridized carbons (Fsp3) is 0.429. The van der Waals surface area contributed by atoms with Gasteiger partial charge in [-0.05, 0) is 44.9 Å². The summed E-state index contributed by atoms with van der Waals surface area (Å²) < 4.78 is 5.15. The number of amides is 1. The Morgan fingerprint density at radius 2 is 2.16 bits per heavy atom. The number of alkyl halides is 1. The molecule has 0 radical (unpaired) electrons. The Kier molecular flexibility index (Phi) is 5.36. The molecule has 0 fully saturated rings. The number of nitrogens with one attached hydrogen (secondary N) is 1. The molecule has 1 aromatic rings. The number of hydrogen-bond donors (Lipinski definition) is 1. The highest BCUT2D eigenvalue weighted by Crippen LogP contribution is 2.15. The predicted molar refractivity (Wildman–Crippen MR) is 75.7 cm³/mol. The van der Waals surface area contributed by atoms with Gasteiger partial charge in [0.05, 0.1) is 5.38 Å². The van der Waals surface area contributed by atoms with Crippen molar-refractivity contribution >= 4 is 29.7 Å². The van der Waals surface area contributed by atoms with Crippen molar-refractivity contribution in [1.29, 1.82) is 0 Å². The Bertz CT molecular complexity index is 454. The van der Waals surface area contributed by atoms with Crippen LogP contribution in [0.2, 0.25) is 0 Å². The number of benzene rings is 1. The summed E-state index contributed by atoms with van der Waals surface area (Å²) in [6.45, 7) is 5.39. The van der Waals surface area contributed by atoms with Gasteiger partial charge in [0.15, 0.2) is 0 Å². The highest BCUT2D eigenvalue weighted by Gasteiger charge is 2.16. The maximum Gasteiger partial charge on any atom is 0.412 e. The molecule has 104 valence electrons. The molecule has 1 N–H and O–H groups in total. The number of anilines is 1. The van der Waals surface area contributed by atoms with Gasteiger partial charge >= 0.3 is 6.09 Å². The minimum absolute atomic E-state index is 0.425.